The Kier molecular flexibility index (Phi) is 3.36. The van der Waals surface area contributed by atoms with Crippen molar-refractivity contribution in [1.82, 2.24) is 4.98 Å². The van der Waals surface area contributed by atoms with Crippen LogP contribution in [0.1, 0.15) is 21.5 Å². The summed E-state index contributed by atoms with van der Waals surface area (Å²) in [4.78, 5) is 17.1. The number of carbonyl (C=O) groups excluding carboxylic acids is 1. The van der Waals surface area contributed by atoms with E-state index in [1.54, 1.807) is 6.20 Å². The fraction of sp³-hybridized carbons (Fsp3) is 0.0588. The van der Waals surface area contributed by atoms with Crippen LogP contribution in [0.3, 0.4) is 0 Å². The van der Waals surface area contributed by atoms with Gasteiger partial charge in [0.2, 0.25) is 0 Å². The highest BCUT2D eigenvalue weighted by Gasteiger charge is 2.15. The number of aromatic nitrogens is 1. The molecule has 0 atom stereocenters. The first-order chi connectivity index (χ1) is 9.68. The van der Waals surface area contributed by atoms with Gasteiger partial charge in [-0.25, -0.2) is 0 Å². The lowest BCUT2D eigenvalue weighted by atomic mass is 9.96. The van der Waals surface area contributed by atoms with Crippen LogP contribution < -0.4 is 0 Å². The average Bonchev–Trinajstić information content (AvgIpc) is 2.49. The zero-order chi connectivity index (χ0) is 14.1. The van der Waals surface area contributed by atoms with Crippen LogP contribution in [-0.4, -0.2) is 10.8 Å². The molecule has 0 saturated carbocycles. The molecule has 0 aliphatic heterocycles. The minimum atomic E-state index is 0.0300. The summed E-state index contributed by atoms with van der Waals surface area (Å²) in [6.45, 7) is 1.95. The lowest BCUT2D eigenvalue weighted by molar-refractivity contribution is 0.103. The van der Waals surface area contributed by atoms with Crippen molar-refractivity contribution in [3.05, 3.63) is 75.9 Å². The molecule has 1 heterocycles. The number of pyridine rings is 1. The normalized spacial score (nSPS) is 10.7. The summed E-state index contributed by atoms with van der Waals surface area (Å²) in [6.07, 6.45) is 1.74. The van der Waals surface area contributed by atoms with Gasteiger partial charge in [-0.3, -0.25) is 9.78 Å². The Labute approximate surface area is 125 Å². The van der Waals surface area contributed by atoms with Gasteiger partial charge in [0, 0.05) is 27.2 Å². The molecule has 20 heavy (non-hydrogen) atoms. The van der Waals surface area contributed by atoms with Crippen molar-refractivity contribution in [1.29, 1.82) is 0 Å². The van der Waals surface area contributed by atoms with Crippen LogP contribution >= 0.6 is 15.9 Å². The third-order valence-electron chi connectivity index (χ3n) is 3.40. The predicted molar refractivity (Wildman–Crippen MR) is 84.1 cm³/mol. The Hall–Kier alpha value is -2.00. The van der Waals surface area contributed by atoms with Gasteiger partial charge in [0.15, 0.2) is 5.78 Å². The highest BCUT2D eigenvalue weighted by atomic mass is 79.9. The third kappa shape index (κ3) is 2.14. The number of ketones is 1. The maximum absolute atomic E-state index is 12.8. The molecule has 0 fully saturated rings. The molecule has 0 saturated heterocycles. The summed E-state index contributed by atoms with van der Waals surface area (Å²) < 4.78 is 0.946. The first-order valence-electron chi connectivity index (χ1n) is 6.32. The van der Waals surface area contributed by atoms with Crippen LogP contribution in [0.15, 0.2) is 59.2 Å². The number of fused-ring (bicyclic) bond motifs is 1. The molecule has 3 rings (SSSR count). The number of hydrogen-bond acceptors (Lipinski definition) is 2. The molecule has 2 aromatic carbocycles. The van der Waals surface area contributed by atoms with Crippen LogP contribution in [0.5, 0.6) is 0 Å². The van der Waals surface area contributed by atoms with E-state index >= 15 is 0 Å². The molecule has 98 valence electrons. The largest absolute Gasteiger partial charge is 0.289 e. The smallest absolute Gasteiger partial charge is 0.194 e. The van der Waals surface area contributed by atoms with Crippen molar-refractivity contribution < 1.29 is 4.79 Å². The Balaban J connectivity index is 2.21. The van der Waals surface area contributed by atoms with E-state index in [4.69, 9.17) is 0 Å². The van der Waals surface area contributed by atoms with Gasteiger partial charge in [-0.2, -0.15) is 0 Å². The van der Waals surface area contributed by atoms with Gasteiger partial charge in [0.25, 0.3) is 0 Å². The number of hydrogen-bond donors (Lipinski definition) is 0. The molecule has 3 aromatic rings. The van der Waals surface area contributed by atoms with Gasteiger partial charge in [-0.15, -0.1) is 0 Å². The Morgan fingerprint density at radius 3 is 2.60 bits per heavy atom. The van der Waals surface area contributed by atoms with Gasteiger partial charge in [0.05, 0.1) is 5.52 Å². The van der Waals surface area contributed by atoms with Crippen LogP contribution in [0.25, 0.3) is 10.9 Å². The molecule has 0 unspecified atom stereocenters. The first-order valence-corrected chi connectivity index (χ1v) is 7.11. The van der Waals surface area contributed by atoms with E-state index < -0.39 is 0 Å². The molecule has 0 N–H and O–H groups in total. The summed E-state index contributed by atoms with van der Waals surface area (Å²) in [5.41, 5.74) is 3.21. The zero-order valence-corrected chi connectivity index (χ0v) is 12.5. The summed E-state index contributed by atoms with van der Waals surface area (Å²) in [5.74, 6) is 0.0300. The molecular weight excluding hydrogens is 314 g/mol. The number of nitrogens with zero attached hydrogens (tertiary/aromatic N) is 1. The van der Waals surface area contributed by atoms with E-state index in [-0.39, 0.29) is 5.78 Å². The molecule has 0 aliphatic carbocycles. The Morgan fingerprint density at radius 2 is 1.75 bits per heavy atom. The van der Waals surface area contributed by atoms with Crippen LogP contribution in [0.4, 0.5) is 0 Å². The van der Waals surface area contributed by atoms with Crippen LogP contribution in [0.2, 0.25) is 0 Å². The number of rotatable bonds is 2. The minimum Gasteiger partial charge on any atom is -0.289 e. The second kappa shape index (κ2) is 5.17. The summed E-state index contributed by atoms with van der Waals surface area (Å²) >= 11 is 3.47. The molecule has 3 heteroatoms. The number of benzene rings is 2. The third-order valence-corrected chi connectivity index (χ3v) is 4.26. The molecule has 0 radical (unpaired) electrons. The molecule has 0 aliphatic rings. The van der Waals surface area contributed by atoms with Gasteiger partial charge in [0.1, 0.15) is 0 Å². The zero-order valence-electron chi connectivity index (χ0n) is 10.9. The SMILES string of the molecule is Cc1c(Br)cccc1C(=O)c1cccc2ncccc12. The first kappa shape index (κ1) is 13.0. The van der Waals surface area contributed by atoms with E-state index in [9.17, 15) is 4.79 Å². The molecule has 0 amide bonds. The molecule has 0 spiro atoms. The quantitative estimate of drug-likeness (QED) is 0.647. The Bertz CT molecular complexity index is 806. The summed E-state index contributed by atoms with van der Waals surface area (Å²) in [5, 5.41) is 0.888. The maximum Gasteiger partial charge on any atom is 0.194 e. The summed E-state index contributed by atoms with van der Waals surface area (Å²) in [7, 11) is 0. The van der Waals surface area contributed by atoms with Crippen molar-refractivity contribution in [2.45, 2.75) is 6.92 Å². The number of halogens is 1. The second-order valence-electron chi connectivity index (χ2n) is 4.62. The highest BCUT2D eigenvalue weighted by Crippen LogP contribution is 2.25. The molecule has 1 aromatic heterocycles. The van der Waals surface area contributed by atoms with Crippen LogP contribution in [0, 0.1) is 6.92 Å². The lowest BCUT2D eigenvalue weighted by Crippen LogP contribution is -2.05. The van der Waals surface area contributed by atoms with Gasteiger partial charge in [-0.05, 0) is 30.7 Å². The van der Waals surface area contributed by atoms with E-state index in [1.807, 2.05) is 55.5 Å². The van der Waals surface area contributed by atoms with Crippen LogP contribution in [-0.2, 0) is 0 Å². The van der Waals surface area contributed by atoms with E-state index in [0.717, 1.165) is 26.5 Å². The summed E-state index contributed by atoms with van der Waals surface area (Å²) in [6, 6.07) is 15.1. The van der Waals surface area contributed by atoms with E-state index in [0.29, 0.717) is 5.56 Å². The van der Waals surface area contributed by atoms with Gasteiger partial charge < -0.3 is 0 Å². The lowest BCUT2D eigenvalue weighted by Gasteiger charge is -2.09. The second-order valence-corrected chi connectivity index (χ2v) is 5.47. The molecule has 2 nitrogen and oxygen atoms in total. The predicted octanol–water partition coefficient (Wildman–Crippen LogP) is 4.54. The molecule has 0 bridgehead atoms. The minimum absolute atomic E-state index is 0.0300. The van der Waals surface area contributed by atoms with Crippen molar-refractivity contribution in [2.75, 3.05) is 0 Å². The topological polar surface area (TPSA) is 30.0 Å². The fourth-order valence-electron chi connectivity index (χ4n) is 2.30. The van der Waals surface area contributed by atoms with Crippen molar-refractivity contribution >= 4 is 32.6 Å². The van der Waals surface area contributed by atoms with Gasteiger partial charge in [-0.1, -0.05) is 46.3 Å². The van der Waals surface area contributed by atoms with E-state index in [2.05, 4.69) is 20.9 Å². The Morgan fingerprint density at radius 1 is 1.00 bits per heavy atom. The van der Waals surface area contributed by atoms with Crippen molar-refractivity contribution in [2.24, 2.45) is 0 Å². The highest BCUT2D eigenvalue weighted by molar-refractivity contribution is 9.10. The van der Waals surface area contributed by atoms with E-state index in [1.165, 1.54) is 0 Å². The maximum atomic E-state index is 12.8. The van der Waals surface area contributed by atoms with Crippen molar-refractivity contribution in [3.8, 4) is 0 Å². The standard InChI is InChI=1S/C17H12BrNO/c1-11-12(5-2-8-15(11)18)17(20)14-6-3-9-16-13(14)7-4-10-19-16/h2-10H,1H3. The van der Waals surface area contributed by atoms with Crippen molar-refractivity contribution in [3.63, 3.8) is 0 Å². The fourth-order valence-corrected chi connectivity index (χ4v) is 2.67. The monoisotopic (exact) mass is 325 g/mol. The average molecular weight is 326 g/mol. The number of carbonyl (C=O) groups is 1. The molecular formula is C17H12BrNO. The van der Waals surface area contributed by atoms with Gasteiger partial charge >= 0.3 is 0 Å².